The monoisotopic (exact) mass is 432 g/mol. The summed E-state index contributed by atoms with van der Waals surface area (Å²) in [6.07, 6.45) is -2.90. The van der Waals surface area contributed by atoms with Gasteiger partial charge in [-0.2, -0.15) is 18.4 Å². The number of halogens is 3. The van der Waals surface area contributed by atoms with Gasteiger partial charge in [0.05, 0.1) is 18.2 Å². The van der Waals surface area contributed by atoms with Crippen LogP contribution in [-0.2, 0) is 19.1 Å². The number of alkyl halides is 3. The fourth-order valence-corrected chi connectivity index (χ4v) is 3.87. The van der Waals surface area contributed by atoms with E-state index < -0.39 is 48.2 Å². The zero-order valence-corrected chi connectivity index (χ0v) is 17.1. The van der Waals surface area contributed by atoms with E-state index in [4.69, 9.17) is 5.73 Å². The minimum atomic E-state index is -5.08. The summed E-state index contributed by atoms with van der Waals surface area (Å²) in [6.45, 7) is 3.56. The van der Waals surface area contributed by atoms with E-state index in [1.165, 1.54) is 9.80 Å². The van der Waals surface area contributed by atoms with E-state index in [0.717, 1.165) is 0 Å². The molecular formula is C19H27F3N4O4. The predicted molar refractivity (Wildman–Crippen MR) is 98.5 cm³/mol. The van der Waals surface area contributed by atoms with Crippen LogP contribution in [0, 0.1) is 16.7 Å². The number of hydrogen-bond acceptors (Lipinski definition) is 6. The van der Waals surface area contributed by atoms with Crippen LogP contribution in [0.3, 0.4) is 0 Å². The Balaban J connectivity index is 1.98. The molecule has 168 valence electrons. The molecule has 2 rings (SSSR count). The van der Waals surface area contributed by atoms with E-state index >= 15 is 0 Å². The summed E-state index contributed by atoms with van der Waals surface area (Å²) in [5.41, 5.74) is 5.22. The molecule has 3 atom stereocenters. The summed E-state index contributed by atoms with van der Waals surface area (Å²) in [5.74, 6) is -3.05. The molecule has 0 bridgehead atoms. The first kappa shape index (κ1) is 23.9. The van der Waals surface area contributed by atoms with Gasteiger partial charge in [0.2, 0.25) is 11.8 Å². The minimum Gasteiger partial charge on any atom is -0.457 e. The number of carbonyl (C=O) groups excluding carboxylic acids is 3. The van der Waals surface area contributed by atoms with Crippen LogP contribution < -0.4 is 5.73 Å². The number of rotatable bonds is 6. The standard InChI is InChI=1S/C19H27F3N4O4/c1-18(2,15(24)16(28)26-8-3-5-12(26)10-23)9-14(27)25-7-4-6-13(25)11-30-17(29)19(20,21)22/h12-13,15H,3-9,11,24H2,1-2H3/t12-,13-,15?/m0/s1. The molecule has 2 aliphatic rings. The molecule has 0 aromatic rings. The highest BCUT2D eigenvalue weighted by Crippen LogP contribution is 2.30. The number of esters is 1. The predicted octanol–water partition coefficient (Wildman–Crippen LogP) is 1.34. The third kappa shape index (κ3) is 5.41. The van der Waals surface area contributed by atoms with Crippen molar-refractivity contribution in [3.63, 3.8) is 0 Å². The molecule has 2 amide bonds. The Morgan fingerprint density at radius 1 is 1.17 bits per heavy atom. The number of amides is 2. The smallest absolute Gasteiger partial charge is 0.457 e. The molecule has 2 aliphatic heterocycles. The molecule has 2 fully saturated rings. The van der Waals surface area contributed by atoms with E-state index in [1.807, 2.05) is 0 Å². The maximum Gasteiger partial charge on any atom is 0.490 e. The van der Waals surface area contributed by atoms with Gasteiger partial charge in [0, 0.05) is 19.5 Å². The summed E-state index contributed by atoms with van der Waals surface area (Å²) in [7, 11) is 0. The lowest BCUT2D eigenvalue weighted by Crippen LogP contribution is -2.54. The first-order chi connectivity index (χ1) is 13.9. The van der Waals surface area contributed by atoms with Gasteiger partial charge in [-0.05, 0) is 31.1 Å². The second-order valence-electron chi connectivity index (χ2n) is 8.44. The highest BCUT2D eigenvalue weighted by atomic mass is 19.4. The SMILES string of the molecule is CC(C)(CC(=O)N1CCC[C@H]1COC(=O)C(F)(F)F)C(N)C(=O)N1CCC[C@H]1C#N. The lowest BCUT2D eigenvalue weighted by molar-refractivity contribution is -0.201. The number of nitrogens with zero attached hydrogens (tertiary/aromatic N) is 3. The quantitative estimate of drug-likeness (QED) is 0.633. The van der Waals surface area contributed by atoms with E-state index in [2.05, 4.69) is 10.8 Å². The van der Waals surface area contributed by atoms with Gasteiger partial charge < -0.3 is 20.3 Å². The molecule has 0 aliphatic carbocycles. The Morgan fingerprint density at radius 2 is 1.77 bits per heavy atom. The molecule has 2 N–H and O–H groups in total. The van der Waals surface area contributed by atoms with Crippen LogP contribution in [-0.4, -0.2) is 71.6 Å². The summed E-state index contributed by atoms with van der Waals surface area (Å²) in [5, 5.41) is 9.18. The normalized spacial score (nSPS) is 23.2. The molecule has 2 heterocycles. The van der Waals surface area contributed by atoms with Crippen molar-refractivity contribution >= 4 is 17.8 Å². The van der Waals surface area contributed by atoms with Gasteiger partial charge in [-0.1, -0.05) is 13.8 Å². The van der Waals surface area contributed by atoms with Crippen molar-refractivity contribution in [2.75, 3.05) is 19.7 Å². The van der Waals surface area contributed by atoms with Crippen LogP contribution >= 0.6 is 0 Å². The summed E-state index contributed by atoms with van der Waals surface area (Å²) < 4.78 is 41.3. The molecular weight excluding hydrogens is 405 g/mol. The molecule has 2 saturated heterocycles. The van der Waals surface area contributed by atoms with Crippen LogP contribution in [0.2, 0.25) is 0 Å². The topological polar surface area (TPSA) is 117 Å². The minimum absolute atomic E-state index is 0.102. The van der Waals surface area contributed by atoms with Crippen LogP contribution in [0.1, 0.15) is 46.0 Å². The van der Waals surface area contributed by atoms with Gasteiger partial charge in [0.15, 0.2) is 0 Å². The lowest BCUT2D eigenvalue weighted by Gasteiger charge is -2.35. The van der Waals surface area contributed by atoms with E-state index in [9.17, 15) is 32.8 Å². The summed E-state index contributed by atoms with van der Waals surface area (Å²) >= 11 is 0. The molecule has 0 spiro atoms. The maximum absolute atomic E-state index is 12.8. The average Bonchev–Trinajstić information content (AvgIpc) is 3.32. The Labute approximate surface area is 173 Å². The zero-order chi connectivity index (χ0) is 22.7. The van der Waals surface area contributed by atoms with Crippen molar-refractivity contribution in [1.82, 2.24) is 9.80 Å². The first-order valence-corrected chi connectivity index (χ1v) is 9.87. The summed E-state index contributed by atoms with van der Waals surface area (Å²) in [4.78, 5) is 39.3. The largest absolute Gasteiger partial charge is 0.490 e. The molecule has 0 saturated carbocycles. The van der Waals surface area contributed by atoms with Gasteiger partial charge in [0.1, 0.15) is 12.6 Å². The second kappa shape index (κ2) is 9.20. The highest BCUT2D eigenvalue weighted by Gasteiger charge is 2.43. The van der Waals surface area contributed by atoms with Crippen molar-refractivity contribution in [2.45, 2.75) is 70.3 Å². The molecule has 0 radical (unpaired) electrons. The fourth-order valence-electron chi connectivity index (χ4n) is 3.87. The van der Waals surface area contributed by atoms with E-state index in [-0.39, 0.29) is 12.3 Å². The lowest BCUT2D eigenvalue weighted by atomic mass is 9.80. The van der Waals surface area contributed by atoms with Gasteiger partial charge >= 0.3 is 12.1 Å². The molecule has 1 unspecified atom stereocenters. The number of ether oxygens (including phenoxy) is 1. The number of carbonyl (C=O) groups is 3. The third-order valence-corrected chi connectivity index (χ3v) is 5.74. The zero-order valence-electron chi connectivity index (χ0n) is 17.1. The first-order valence-electron chi connectivity index (χ1n) is 9.87. The van der Waals surface area contributed by atoms with E-state index in [1.54, 1.807) is 13.8 Å². The van der Waals surface area contributed by atoms with Crippen molar-refractivity contribution < 1.29 is 32.3 Å². The number of nitriles is 1. The molecule has 8 nitrogen and oxygen atoms in total. The van der Waals surface area contributed by atoms with Crippen LogP contribution in [0.15, 0.2) is 0 Å². The molecule has 11 heteroatoms. The number of likely N-dealkylation sites (tertiary alicyclic amines) is 2. The highest BCUT2D eigenvalue weighted by molar-refractivity contribution is 5.85. The van der Waals surface area contributed by atoms with Crippen molar-refractivity contribution in [2.24, 2.45) is 11.1 Å². The van der Waals surface area contributed by atoms with Crippen LogP contribution in [0.25, 0.3) is 0 Å². The van der Waals surface area contributed by atoms with Crippen molar-refractivity contribution in [1.29, 1.82) is 5.26 Å². The fraction of sp³-hybridized carbons (Fsp3) is 0.789. The summed E-state index contributed by atoms with van der Waals surface area (Å²) in [6, 6.07) is -0.107. The number of hydrogen-bond donors (Lipinski definition) is 1. The molecule has 30 heavy (non-hydrogen) atoms. The van der Waals surface area contributed by atoms with E-state index in [0.29, 0.717) is 38.8 Å². The van der Waals surface area contributed by atoms with Crippen molar-refractivity contribution in [3.05, 3.63) is 0 Å². The maximum atomic E-state index is 12.8. The average molecular weight is 432 g/mol. The third-order valence-electron chi connectivity index (χ3n) is 5.74. The van der Waals surface area contributed by atoms with Crippen LogP contribution in [0.4, 0.5) is 13.2 Å². The number of nitrogens with two attached hydrogens (primary N) is 1. The Hall–Kier alpha value is -2.35. The van der Waals surface area contributed by atoms with Crippen LogP contribution in [0.5, 0.6) is 0 Å². The van der Waals surface area contributed by atoms with Gasteiger partial charge in [0.25, 0.3) is 0 Å². The molecule has 0 aromatic carbocycles. The Bertz CT molecular complexity index is 720. The molecule has 0 aromatic heterocycles. The van der Waals surface area contributed by atoms with Gasteiger partial charge in [-0.25, -0.2) is 4.79 Å². The Kier molecular flexibility index (Phi) is 7.34. The second-order valence-corrected chi connectivity index (χ2v) is 8.44. The Morgan fingerprint density at radius 3 is 2.37 bits per heavy atom. The van der Waals surface area contributed by atoms with Crippen molar-refractivity contribution in [3.8, 4) is 6.07 Å². The van der Waals surface area contributed by atoms with Gasteiger partial charge in [-0.15, -0.1) is 0 Å². The van der Waals surface area contributed by atoms with Gasteiger partial charge in [-0.3, -0.25) is 9.59 Å².